The van der Waals surface area contributed by atoms with E-state index in [1.165, 1.54) is 12.8 Å². The molecule has 0 saturated heterocycles. The summed E-state index contributed by atoms with van der Waals surface area (Å²) >= 11 is 0. The number of ether oxygens (including phenoxy) is 1. The molecule has 4 rings (SSSR count). The smallest absolute Gasteiger partial charge is 0.230 e. The molecular formula is C20H22N6O. The lowest BCUT2D eigenvalue weighted by Crippen LogP contribution is -2.13. The van der Waals surface area contributed by atoms with E-state index in [1.54, 1.807) is 19.5 Å². The minimum absolute atomic E-state index is 0.305. The fraction of sp³-hybridized carbons (Fsp3) is 0.300. The number of aromatic nitrogens is 4. The van der Waals surface area contributed by atoms with E-state index in [4.69, 9.17) is 15.5 Å². The molecule has 0 unspecified atom stereocenters. The standard InChI is InChI=1S/C20H22N6O/c1-26(14-5-7-15(27-2)8-6-14)20-22-10-9-17(25-20)16-12-23-19(21)24-18(16)11-13-3-4-13/h5-10,12-13H,3-4,11H2,1-2H3,(H2,21,23,24). The predicted octanol–water partition coefficient (Wildman–Crippen LogP) is 3.24. The van der Waals surface area contributed by atoms with Crippen LogP contribution in [0.1, 0.15) is 18.5 Å². The van der Waals surface area contributed by atoms with Crippen molar-refractivity contribution < 1.29 is 4.74 Å². The number of benzene rings is 1. The highest BCUT2D eigenvalue weighted by Gasteiger charge is 2.24. The molecule has 1 aliphatic rings. The molecule has 7 nitrogen and oxygen atoms in total. The zero-order chi connectivity index (χ0) is 18.8. The van der Waals surface area contributed by atoms with Crippen molar-refractivity contribution in [3.8, 4) is 17.0 Å². The van der Waals surface area contributed by atoms with Crippen molar-refractivity contribution in [3.05, 3.63) is 48.4 Å². The van der Waals surface area contributed by atoms with Crippen LogP contribution in [0.2, 0.25) is 0 Å². The molecule has 0 atom stereocenters. The minimum atomic E-state index is 0.305. The summed E-state index contributed by atoms with van der Waals surface area (Å²) in [7, 11) is 3.59. The first-order chi connectivity index (χ1) is 13.1. The van der Waals surface area contributed by atoms with Crippen LogP contribution in [-0.4, -0.2) is 34.1 Å². The summed E-state index contributed by atoms with van der Waals surface area (Å²) in [5.41, 5.74) is 9.46. The van der Waals surface area contributed by atoms with Gasteiger partial charge in [0.05, 0.1) is 18.5 Å². The Kier molecular flexibility index (Phi) is 4.58. The van der Waals surface area contributed by atoms with E-state index in [0.29, 0.717) is 17.8 Å². The number of rotatable bonds is 6. The fourth-order valence-corrected chi connectivity index (χ4v) is 2.98. The van der Waals surface area contributed by atoms with Gasteiger partial charge < -0.3 is 15.4 Å². The largest absolute Gasteiger partial charge is 0.497 e. The Morgan fingerprint density at radius 3 is 2.59 bits per heavy atom. The first kappa shape index (κ1) is 17.2. The van der Waals surface area contributed by atoms with Crippen LogP contribution in [0.15, 0.2) is 42.7 Å². The van der Waals surface area contributed by atoms with Crippen LogP contribution in [0.4, 0.5) is 17.6 Å². The summed E-state index contributed by atoms with van der Waals surface area (Å²) in [6.07, 6.45) is 6.93. The molecule has 138 valence electrons. The van der Waals surface area contributed by atoms with Crippen molar-refractivity contribution in [2.24, 2.45) is 5.92 Å². The van der Waals surface area contributed by atoms with Crippen LogP contribution in [0.5, 0.6) is 5.75 Å². The maximum Gasteiger partial charge on any atom is 0.230 e. The second kappa shape index (κ2) is 7.19. The highest BCUT2D eigenvalue weighted by molar-refractivity contribution is 5.65. The highest BCUT2D eigenvalue weighted by Crippen LogP contribution is 2.35. The number of anilines is 3. The highest BCUT2D eigenvalue weighted by atomic mass is 16.5. The third-order valence-corrected chi connectivity index (χ3v) is 4.74. The topological polar surface area (TPSA) is 90.0 Å². The zero-order valence-electron chi connectivity index (χ0n) is 15.5. The van der Waals surface area contributed by atoms with Gasteiger partial charge in [0.15, 0.2) is 0 Å². The molecule has 0 bridgehead atoms. The zero-order valence-corrected chi connectivity index (χ0v) is 15.5. The molecular weight excluding hydrogens is 340 g/mol. The lowest BCUT2D eigenvalue weighted by molar-refractivity contribution is 0.415. The number of nitrogens with zero attached hydrogens (tertiary/aromatic N) is 5. The summed E-state index contributed by atoms with van der Waals surface area (Å²) in [6, 6.07) is 9.66. The second-order valence-electron chi connectivity index (χ2n) is 6.73. The molecule has 0 spiro atoms. The van der Waals surface area contributed by atoms with E-state index in [9.17, 15) is 0 Å². The van der Waals surface area contributed by atoms with E-state index in [2.05, 4.69) is 15.0 Å². The van der Waals surface area contributed by atoms with Gasteiger partial charge in [-0.15, -0.1) is 0 Å². The molecule has 3 aromatic rings. The van der Waals surface area contributed by atoms with Crippen LogP contribution in [-0.2, 0) is 6.42 Å². The van der Waals surface area contributed by atoms with Crippen molar-refractivity contribution in [2.45, 2.75) is 19.3 Å². The molecule has 27 heavy (non-hydrogen) atoms. The quantitative estimate of drug-likeness (QED) is 0.720. The van der Waals surface area contributed by atoms with Crippen molar-refractivity contribution >= 4 is 17.6 Å². The van der Waals surface area contributed by atoms with Crippen LogP contribution in [0, 0.1) is 5.92 Å². The lowest BCUT2D eigenvalue weighted by atomic mass is 10.1. The van der Waals surface area contributed by atoms with Gasteiger partial charge in [-0.05, 0) is 55.5 Å². The van der Waals surface area contributed by atoms with Crippen LogP contribution in [0.25, 0.3) is 11.3 Å². The van der Waals surface area contributed by atoms with Gasteiger partial charge in [0, 0.05) is 30.7 Å². The second-order valence-corrected chi connectivity index (χ2v) is 6.73. The number of hydrogen-bond acceptors (Lipinski definition) is 7. The molecule has 7 heteroatoms. The third-order valence-electron chi connectivity index (χ3n) is 4.74. The van der Waals surface area contributed by atoms with E-state index < -0.39 is 0 Å². The molecule has 1 aliphatic carbocycles. The molecule has 1 saturated carbocycles. The number of nitrogen functional groups attached to an aromatic ring is 1. The summed E-state index contributed by atoms with van der Waals surface area (Å²) in [4.78, 5) is 19.7. The average Bonchev–Trinajstić information content (AvgIpc) is 3.52. The van der Waals surface area contributed by atoms with Gasteiger partial charge >= 0.3 is 0 Å². The normalized spacial score (nSPS) is 13.4. The summed E-state index contributed by atoms with van der Waals surface area (Å²) in [6.45, 7) is 0. The predicted molar refractivity (Wildman–Crippen MR) is 105 cm³/mol. The van der Waals surface area contributed by atoms with Crippen molar-refractivity contribution in [1.29, 1.82) is 0 Å². The summed E-state index contributed by atoms with van der Waals surface area (Å²) < 4.78 is 5.22. The lowest BCUT2D eigenvalue weighted by Gasteiger charge is -2.18. The molecule has 1 aromatic carbocycles. The van der Waals surface area contributed by atoms with Gasteiger partial charge in [0.2, 0.25) is 11.9 Å². The van der Waals surface area contributed by atoms with E-state index in [-0.39, 0.29) is 0 Å². The van der Waals surface area contributed by atoms with Crippen molar-refractivity contribution in [3.63, 3.8) is 0 Å². The Morgan fingerprint density at radius 1 is 1.11 bits per heavy atom. The van der Waals surface area contributed by atoms with Gasteiger partial charge in [-0.25, -0.2) is 19.9 Å². The molecule has 0 radical (unpaired) electrons. The van der Waals surface area contributed by atoms with Crippen LogP contribution in [0.3, 0.4) is 0 Å². The van der Waals surface area contributed by atoms with E-state index >= 15 is 0 Å². The van der Waals surface area contributed by atoms with Gasteiger partial charge in [-0.1, -0.05) is 0 Å². The number of hydrogen-bond donors (Lipinski definition) is 1. The molecule has 2 N–H and O–H groups in total. The SMILES string of the molecule is COc1ccc(N(C)c2nccc(-c3cnc(N)nc3CC3CC3)n2)cc1. The summed E-state index contributed by atoms with van der Waals surface area (Å²) in [5, 5.41) is 0. The first-order valence-electron chi connectivity index (χ1n) is 8.96. The van der Waals surface area contributed by atoms with E-state index in [0.717, 1.165) is 34.8 Å². The monoisotopic (exact) mass is 362 g/mol. The fourth-order valence-electron chi connectivity index (χ4n) is 2.98. The molecule has 2 heterocycles. The molecule has 0 aliphatic heterocycles. The number of nitrogens with two attached hydrogens (primary N) is 1. The van der Waals surface area contributed by atoms with Crippen LogP contribution >= 0.6 is 0 Å². The Morgan fingerprint density at radius 2 is 1.89 bits per heavy atom. The Bertz CT molecular complexity index is 939. The van der Waals surface area contributed by atoms with Gasteiger partial charge in [-0.3, -0.25) is 0 Å². The maximum atomic E-state index is 5.81. The average molecular weight is 362 g/mol. The molecule has 0 amide bonds. The van der Waals surface area contributed by atoms with Crippen molar-refractivity contribution in [2.75, 3.05) is 24.8 Å². The Balaban J connectivity index is 1.66. The summed E-state index contributed by atoms with van der Waals surface area (Å²) in [5.74, 6) is 2.41. The first-order valence-corrected chi connectivity index (χ1v) is 8.96. The van der Waals surface area contributed by atoms with Crippen molar-refractivity contribution in [1.82, 2.24) is 19.9 Å². The molecule has 2 aromatic heterocycles. The Hall–Kier alpha value is -3.22. The van der Waals surface area contributed by atoms with Gasteiger partial charge in [-0.2, -0.15) is 0 Å². The van der Waals surface area contributed by atoms with E-state index in [1.807, 2.05) is 42.3 Å². The van der Waals surface area contributed by atoms with Gasteiger partial charge in [0.25, 0.3) is 0 Å². The molecule has 1 fully saturated rings. The number of methoxy groups -OCH3 is 1. The minimum Gasteiger partial charge on any atom is -0.497 e. The third kappa shape index (κ3) is 3.81. The van der Waals surface area contributed by atoms with Crippen LogP contribution < -0.4 is 15.4 Å². The Labute approximate surface area is 158 Å². The van der Waals surface area contributed by atoms with Gasteiger partial charge in [0.1, 0.15) is 5.75 Å². The maximum absolute atomic E-state index is 5.81.